The van der Waals surface area contributed by atoms with Gasteiger partial charge in [-0.15, -0.1) is 0 Å². The molecule has 0 aliphatic rings. The SMILES string of the molecule is O=P(O)(C(O)c1ccco1)C(O)c1ccco1. The zero-order valence-electron chi connectivity index (χ0n) is 8.63. The standard InChI is InChI=1S/C10H11O6P/c11-9(7-3-1-5-15-7)17(13,14)10(12)8-4-2-6-16-8/h1-6,9-12H,(H,13,14). The van der Waals surface area contributed by atoms with E-state index in [-0.39, 0.29) is 11.5 Å². The van der Waals surface area contributed by atoms with Crippen LogP contribution in [0.3, 0.4) is 0 Å². The highest BCUT2D eigenvalue weighted by molar-refractivity contribution is 7.58. The quantitative estimate of drug-likeness (QED) is 0.722. The van der Waals surface area contributed by atoms with Crippen molar-refractivity contribution in [1.29, 1.82) is 0 Å². The molecule has 92 valence electrons. The lowest BCUT2D eigenvalue weighted by atomic mass is 10.5. The minimum Gasteiger partial charge on any atom is -0.466 e. The van der Waals surface area contributed by atoms with Gasteiger partial charge in [-0.1, -0.05) is 0 Å². The first-order valence-corrected chi connectivity index (χ1v) is 6.58. The zero-order chi connectivity index (χ0) is 12.5. The maximum Gasteiger partial charge on any atom is 0.271 e. The van der Waals surface area contributed by atoms with E-state index < -0.39 is 19.1 Å². The second kappa shape index (κ2) is 4.50. The van der Waals surface area contributed by atoms with E-state index in [0.29, 0.717) is 0 Å². The molecule has 0 aromatic carbocycles. The van der Waals surface area contributed by atoms with E-state index in [9.17, 15) is 19.7 Å². The maximum atomic E-state index is 11.9. The average molecular weight is 258 g/mol. The van der Waals surface area contributed by atoms with Gasteiger partial charge in [0.2, 0.25) is 0 Å². The molecule has 0 spiro atoms. The fraction of sp³-hybridized carbons (Fsp3) is 0.200. The average Bonchev–Trinajstić information content (AvgIpc) is 2.99. The number of aliphatic hydroxyl groups is 2. The van der Waals surface area contributed by atoms with Gasteiger partial charge in [-0.05, 0) is 24.3 Å². The van der Waals surface area contributed by atoms with Crippen molar-refractivity contribution in [2.45, 2.75) is 11.7 Å². The van der Waals surface area contributed by atoms with Gasteiger partial charge in [0, 0.05) is 0 Å². The lowest BCUT2D eigenvalue weighted by Crippen LogP contribution is -2.06. The molecule has 0 amide bonds. The van der Waals surface area contributed by atoms with Crippen LogP contribution in [0.5, 0.6) is 0 Å². The Morgan fingerprint density at radius 2 is 1.41 bits per heavy atom. The third-order valence-electron chi connectivity index (χ3n) is 2.30. The van der Waals surface area contributed by atoms with E-state index >= 15 is 0 Å². The predicted molar refractivity (Wildman–Crippen MR) is 57.2 cm³/mol. The van der Waals surface area contributed by atoms with E-state index in [1.165, 1.54) is 36.8 Å². The summed E-state index contributed by atoms with van der Waals surface area (Å²) in [6.07, 6.45) is 2.52. The van der Waals surface area contributed by atoms with Crippen LogP contribution in [-0.4, -0.2) is 15.1 Å². The Morgan fingerprint density at radius 3 is 1.71 bits per heavy atom. The summed E-state index contributed by atoms with van der Waals surface area (Å²) in [5.41, 5.74) is 0. The normalized spacial score (nSPS) is 18.5. The summed E-state index contributed by atoms with van der Waals surface area (Å²) in [5, 5.41) is 19.4. The third kappa shape index (κ3) is 2.21. The Bertz CT molecular complexity index is 459. The van der Waals surface area contributed by atoms with Crippen LogP contribution in [0.15, 0.2) is 45.6 Å². The molecule has 0 bridgehead atoms. The molecule has 6 nitrogen and oxygen atoms in total. The topological polar surface area (TPSA) is 104 Å². The van der Waals surface area contributed by atoms with Gasteiger partial charge in [-0.25, -0.2) is 0 Å². The van der Waals surface area contributed by atoms with Gasteiger partial charge in [0.25, 0.3) is 7.37 Å². The van der Waals surface area contributed by atoms with E-state index in [4.69, 9.17) is 8.83 Å². The number of hydrogen-bond donors (Lipinski definition) is 3. The van der Waals surface area contributed by atoms with Crippen LogP contribution in [0.1, 0.15) is 23.2 Å². The maximum absolute atomic E-state index is 11.9. The van der Waals surface area contributed by atoms with Crippen molar-refractivity contribution >= 4 is 7.37 Å². The van der Waals surface area contributed by atoms with Crippen LogP contribution in [-0.2, 0) is 4.57 Å². The van der Waals surface area contributed by atoms with Crippen LogP contribution < -0.4 is 0 Å². The monoisotopic (exact) mass is 258 g/mol. The Labute approximate surface area is 96.6 Å². The molecule has 2 unspecified atom stereocenters. The van der Waals surface area contributed by atoms with Gasteiger partial charge in [-0.2, -0.15) is 0 Å². The minimum atomic E-state index is -4.33. The van der Waals surface area contributed by atoms with Gasteiger partial charge in [0.15, 0.2) is 11.7 Å². The lowest BCUT2D eigenvalue weighted by molar-refractivity contribution is 0.160. The molecule has 0 aliphatic carbocycles. The second-order valence-corrected chi connectivity index (χ2v) is 5.77. The molecule has 0 radical (unpaired) electrons. The zero-order valence-corrected chi connectivity index (χ0v) is 9.53. The van der Waals surface area contributed by atoms with Gasteiger partial charge in [0.1, 0.15) is 11.5 Å². The molecule has 2 rings (SSSR count). The van der Waals surface area contributed by atoms with Crippen molar-refractivity contribution < 1.29 is 28.5 Å². The fourth-order valence-corrected chi connectivity index (χ4v) is 2.67. The van der Waals surface area contributed by atoms with Crippen molar-refractivity contribution in [3.8, 4) is 0 Å². The molecule has 3 N–H and O–H groups in total. The van der Waals surface area contributed by atoms with Crippen molar-refractivity contribution in [2.75, 3.05) is 0 Å². The largest absolute Gasteiger partial charge is 0.466 e. The van der Waals surface area contributed by atoms with E-state index in [1.54, 1.807) is 0 Å². The molecule has 2 atom stereocenters. The first kappa shape index (κ1) is 12.1. The Kier molecular flexibility index (Phi) is 3.22. The highest BCUT2D eigenvalue weighted by Crippen LogP contribution is 2.63. The molecule has 0 saturated carbocycles. The van der Waals surface area contributed by atoms with Crippen molar-refractivity contribution in [3.63, 3.8) is 0 Å². The Hall–Kier alpha value is -1.33. The summed E-state index contributed by atoms with van der Waals surface area (Å²) in [6.45, 7) is 0. The fourth-order valence-electron chi connectivity index (χ4n) is 1.37. The molecule has 17 heavy (non-hydrogen) atoms. The second-order valence-electron chi connectivity index (χ2n) is 3.45. The van der Waals surface area contributed by atoms with E-state index in [2.05, 4.69) is 0 Å². The predicted octanol–water partition coefficient (Wildman–Crippen LogP) is 1.82. The van der Waals surface area contributed by atoms with E-state index in [1.807, 2.05) is 0 Å². The molecule has 0 fully saturated rings. The Balaban J connectivity index is 2.27. The van der Waals surface area contributed by atoms with Crippen LogP contribution in [0, 0.1) is 0 Å². The molecular formula is C10H11O6P. The van der Waals surface area contributed by atoms with E-state index in [0.717, 1.165) is 0 Å². The first-order valence-electron chi connectivity index (χ1n) is 4.78. The number of aliphatic hydroxyl groups excluding tert-OH is 2. The minimum absolute atomic E-state index is 0.0820. The summed E-state index contributed by atoms with van der Waals surface area (Å²) < 4.78 is 21.6. The number of hydrogen-bond acceptors (Lipinski definition) is 5. The highest BCUT2D eigenvalue weighted by atomic mass is 31.2. The lowest BCUT2D eigenvalue weighted by Gasteiger charge is -2.20. The molecule has 2 aromatic heterocycles. The van der Waals surface area contributed by atoms with Crippen molar-refractivity contribution in [2.24, 2.45) is 0 Å². The first-order chi connectivity index (χ1) is 8.03. The summed E-state index contributed by atoms with van der Waals surface area (Å²) in [6, 6.07) is 5.64. The molecule has 2 aromatic rings. The molecule has 7 heteroatoms. The summed E-state index contributed by atoms with van der Waals surface area (Å²) >= 11 is 0. The number of furan rings is 2. The van der Waals surface area contributed by atoms with Gasteiger partial charge >= 0.3 is 0 Å². The molecule has 0 aliphatic heterocycles. The molecular weight excluding hydrogens is 247 g/mol. The van der Waals surface area contributed by atoms with Crippen molar-refractivity contribution in [3.05, 3.63) is 48.3 Å². The smallest absolute Gasteiger partial charge is 0.271 e. The Morgan fingerprint density at radius 1 is 1.00 bits per heavy atom. The van der Waals surface area contributed by atoms with Gasteiger partial charge in [0.05, 0.1) is 12.5 Å². The summed E-state index contributed by atoms with van der Waals surface area (Å²) in [4.78, 5) is 9.73. The van der Waals surface area contributed by atoms with Crippen LogP contribution in [0.4, 0.5) is 0 Å². The molecule has 0 saturated heterocycles. The number of rotatable bonds is 4. The molecule has 2 heterocycles. The third-order valence-corrected chi connectivity index (χ3v) is 4.21. The summed E-state index contributed by atoms with van der Waals surface area (Å²) in [5.74, 6) is -3.75. The highest BCUT2D eigenvalue weighted by Gasteiger charge is 2.42. The van der Waals surface area contributed by atoms with Crippen LogP contribution in [0.2, 0.25) is 0 Å². The van der Waals surface area contributed by atoms with Crippen molar-refractivity contribution in [1.82, 2.24) is 0 Å². The van der Waals surface area contributed by atoms with Crippen LogP contribution in [0.25, 0.3) is 0 Å². The van der Waals surface area contributed by atoms with Gasteiger partial charge in [-0.3, -0.25) is 4.57 Å². The summed E-state index contributed by atoms with van der Waals surface area (Å²) in [7, 11) is -4.33. The van der Waals surface area contributed by atoms with Gasteiger partial charge < -0.3 is 23.9 Å². The van der Waals surface area contributed by atoms with Crippen LogP contribution >= 0.6 is 7.37 Å².